The normalized spacial score (nSPS) is 24.2. The molecule has 2 heterocycles. The Morgan fingerprint density at radius 2 is 1.96 bits per heavy atom. The average molecular weight is 345 g/mol. The number of imide groups is 1. The zero-order valence-corrected chi connectivity index (χ0v) is 14.3. The summed E-state index contributed by atoms with van der Waals surface area (Å²) in [6.45, 7) is 0.771. The molecule has 0 saturated carbocycles. The molecule has 2 fully saturated rings. The first-order valence-corrected chi connectivity index (χ1v) is 8.50. The van der Waals surface area contributed by atoms with Gasteiger partial charge in [-0.05, 0) is 17.9 Å². The molecule has 0 radical (unpaired) electrons. The number of carbonyl (C=O) groups excluding carboxylic acids is 3. The number of urea groups is 1. The fourth-order valence-electron chi connectivity index (χ4n) is 3.64. The lowest BCUT2D eigenvalue weighted by molar-refractivity contribution is -0.138. The fraction of sp³-hybridized carbons (Fsp3) is 0.500. The van der Waals surface area contributed by atoms with Crippen molar-refractivity contribution in [2.24, 2.45) is 5.92 Å². The second-order valence-corrected chi connectivity index (χ2v) is 6.71. The second-order valence-electron chi connectivity index (χ2n) is 6.71. The highest BCUT2D eigenvalue weighted by atomic mass is 16.3. The van der Waals surface area contributed by atoms with Crippen LogP contribution in [-0.2, 0) is 9.59 Å². The minimum Gasteiger partial charge on any atom is -0.396 e. The maximum Gasteiger partial charge on any atom is 0.327 e. The van der Waals surface area contributed by atoms with E-state index in [1.165, 1.54) is 17.5 Å². The number of hydrogen-bond donors (Lipinski definition) is 1. The first-order chi connectivity index (χ1) is 12.0. The molecule has 0 spiro atoms. The van der Waals surface area contributed by atoms with Crippen LogP contribution >= 0.6 is 0 Å². The Labute approximate surface area is 146 Å². The van der Waals surface area contributed by atoms with Gasteiger partial charge in [0.25, 0.3) is 5.91 Å². The van der Waals surface area contributed by atoms with Gasteiger partial charge in [0.1, 0.15) is 13.1 Å². The van der Waals surface area contributed by atoms with Crippen LogP contribution in [0.4, 0.5) is 4.79 Å². The molecular weight excluding hydrogens is 322 g/mol. The number of piperidine rings is 1. The molecule has 0 aromatic heterocycles. The molecule has 1 aromatic carbocycles. The minimum atomic E-state index is -0.434. The molecule has 0 aliphatic carbocycles. The maximum atomic E-state index is 12.5. The number of aliphatic hydroxyl groups is 1. The molecule has 134 valence electrons. The number of aliphatic hydroxyl groups excluding tert-OH is 1. The number of amides is 4. The quantitative estimate of drug-likeness (QED) is 0.806. The Kier molecular flexibility index (Phi) is 5.03. The number of benzene rings is 1. The summed E-state index contributed by atoms with van der Waals surface area (Å²) in [5, 5.41) is 9.76. The Morgan fingerprint density at radius 1 is 1.24 bits per heavy atom. The standard InChI is InChI=1S/C18H23N3O4/c1-19-10-17(24)21(18(19)25)11-16(23)20-8-7-15(14(9-20)12-22)13-5-3-2-4-6-13/h2-6,14-15,22H,7-12H2,1H3/t14-,15+/m0/s1. The predicted molar refractivity (Wildman–Crippen MR) is 90.7 cm³/mol. The van der Waals surface area contributed by atoms with Crippen molar-refractivity contribution in [2.45, 2.75) is 12.3 Å². The van der Waals surface area contributed by atoms with Gasteiger partial charge in [0.15, 0.2) is 0 Å². The van der Waals surface area contributed by atoms with Gasteiger partial charge in [0.2, 0.25) is 5.91 Å². The molecule has 3 rings (SSSR count). The van der Waals surface area contributed by atoms with Crippen LogP contribution in [0, 0.1) is 5.92 Å². The van der Waals surface area contributed by atoms with Crippen molar-refractivity contribution in [1.82, 2.24) is 14.7 Å². The van der Waals surface area contributed by atoms with Crippen LogP contribution in [0.3, 0.4) is 0 Å². The largest absolute Gasteiger partial charge is 0.396 e. The Balaban J connectivity index is 1.64. The summed E-state index contributed by atoms with van der Waals surface area (Å²) in [5.41, 5.74) is 1.17. The number of nitrogens with zero attached hydrogens (tertiary/aromatic N) is 3. The number of hydrogen-bond acceptors (Lipinski definition) is 4. The highest BCUT2D eigenvalue weighted by Crippen LogP contribution is 2.32. The lowest BCUT2D eigenvalue weighted by atomic mass is 9.81. The van der Waals surface area contributed by atoms with Gasteiger partial charge in [-0.15, -0.1) is 0 Å². The maximum absolute atomic E-state index is 12.5. The molecular formula is C18H23N3O4. The van der Waals surface area contributed by atoms with Crippen molar-refractivity contribution in [3.63, 3.8) is 0 Å². The monoisotopic (exact) mass is 345 g/mol. The Morgan fingerprint density at radius 3 is 2.56 bits per heavy atom. The van der Waals surface area contributed by atoms with E-state index in [0.717, 1.165) is 11.3 Å². The summed E-state index contributed by atoms with van der Waals surface area (Å²) in [5.74, 6) is -0.440. The first kappa shape index (κ1) is 17.4. The number of carbonyl (C=O) groups is 3. The zero-order valence-electron chi connectivity index (χ0n) is 14.3. The van der Waals surface area contributed by atoms with Crippen LogP contribution in [0.2, 0.25) is 0 Å². The lowest BCUT2D eigenvalue weighted by Crippen LogP contribution is -2.49. The smallest absolute Gasteiger partial charge is 0.327 e. The van der Waals surface area contributed by atoms with Gasteiger partial charge in [-0.3, -0.25) is 14.5 Å². The van der Waals surface area contributed by atoms with Crippen LogP contribution in [0.15, 0.2) is 30.3 Å². The van der Waals surface area contributed by atoms with E-state index in [4.69, 9.17) is 0 Å². The summed E-state index contributed by atoms with van der Waals surface area (Å²) >= 11 is 0. The van der Waals surface area contributed by atoms with E-state index in [0.29, 0.717) is 13.1 Å². The number of likely N-dealkylation sites (tertiary alicyclic amines) is 1. The van der Waals surface area contributed by atoms with E-state index >= 15 is 0 Å². The van der Waals surface area contributed by atoms with E-state index in [1.807, 2.05) is 30.3 Å². The molecule has 7 nitrogen and oxygen atoms in total. The van der Waals surface area contributed by atoms with Gasteiger partial charge < -0.3 is 14.9 Å². The summed E-state index contributed by atoms with van der Waals surface area (Å²) in [4.78, 5) is 40.2. The summed E-state index contributed by atoms with van der Waals surface area (Å²) < 4.78 is 0. The fourth-order valence-corrected chi connectivity index (χ4v) is 3.64. The van der Waals surface area contributed by atoms with Gasteiger partial charge in [0.05, 0.1) is 0 Å². The molecule has 4 amide bonds. The molecule has 2 aliphatic heterocycles. The van der Waals surface area contributed by atoms with E-state index in [2.05, 4.69) is 0 Å². The highest BCUT2D eigenvalue weighted by molar-refractivity contribution is 6.04. The SMILES string of the molecule is CN1CC(=O)N(CC(=O)N2CC[C@H](c3ccccc3)[C@H](CO)C2)C1=O. The van der Waals surface area contributed by atoms with Gasteiger partial charge in [0, 0.05) is 32.7 Å². The van der Waals surface area contributed by atoms with E-state index < -0.39 is 6.03 Å². The van der Waals surface area contributed by atoms with Crippen LogP contribution in [0.25, 0.3) is 0 Å². The van der Waals surface area contributed by atoms with E-state index in [-0.39, 0.29) is 43.3 Å². The van der Waals surface area contributed by atoms with Gasteiger partial charge in [-0.1, -0.05) is 30.3 Å². The zero-order chi connectivity index (χ0) is 18.0. The molecule has 0 unspecified atom stereocenters. The van der Waals surface area contributed by atoms with Gasteiger partial charge >= 0.3 is 6.03 Å². The third-order valence-electron chi connectivity index (χ3n) is 5.07. The second kappa shape index (κ2) is 7.23. The van der Waals surface area contributed by atoms with Crippen LogP contribution in [0.5, 0.6) is 0 Å². The highest BCUT2D eigenvalue weighted by Gasteiger charge is 2.37. The van der Waals surface area contributed by atoms with E-state index in [9.17, 15) is 19.5 Å². The predicted octanol–water partition coefficient (Wildman–Crippen LogP) is 0.505. The van der Waals surface area contributed by atoms with Crippen LogP contribution < -0.4 is 0 Å². The van der Waals surface area contributed by atoms with Crippen molar-refractivity contribution in [3.05, 3.63) is 35.9 Å². The third-order valence-corrected chi connectivity index (χ3v) is 5.07. The molecule has 2 saturated heterocycles. The summed E-state index contributed by atoms with van der Waals surface area (Å²) in [6, 6.07) is 9.56. The first-order valence-electron chi connectivity index (χ1n) is 8.50. The van der Waals surface area contributed by atoms with Crippen molar-refractivity contribution in [1.29, 1.82) is 0 Å². The van der Waals surface area contributed by atoms with Crippen molar-refractivity contribution in [2.75, 3.05) is 39.8 Å². The van der Waals surface area contributed by atoms with Crippen molar-refractivity contribution >= 4 is 17.8 Å². The van der Waals surface area contributed by atoms with Crippen LogP contribution in [0.1, 0.15) is 17.9 Å². The number of rotatable bonds is 4. The molecule has 2 atom stereocenters. The molecule has 25 heavy (non-hydrogen) atoms. The topological polar surface area (TPSA) is 81.2 Å². The lowest BCUT2D eigenvalue weighted by Gasteiger charge is -2.38. The molecule has 0 bridgehead atoms. The Bertz CT molecular complexity index is 664. The molecule has 1 aromatic rings. The minimum absolute atomic E-state index is 0.00630. The summed E-state index contributed by atoms with van der Waals surface area (Å²) in [7, 11) is 1.54. The molecule has 7 heteroatoms. The van der Waals surface area contributed by atoms with Gasteiger partial charge in [-0.25, -0.2) is 4.79 Å². The van der Waals surface area contributed by atoms with E-state index in [1.54, 1.807) is 4.90 Å². The summed E-state index contributed by atoms with van der Waals surface area (Å²) in [6.07, 6.45) is 0.753. The third kappa shape index (κ3) is 3.51. The van der Waals surface area contributed by atoms with Crippen molar-refractivity contribution < 1.29 is 19.5 Å². The average Bonchev–Trinajstić information content (AvgIpc) is 2.88. The molecule has 1 N–H and O–H groups in total. The van der Waals surface area contributed by atoms with Crippen molar-refractivity contribution in [3.8, 4) is 0 Å². The van der Waals surface area contributed by atoms with Gasteiger partial charge in [-0.2, -0.15) is 0 Å². The number of likely N-dealkylation sites (N-methyl/N-ethyl adjacent to an activating group) is 1. The molecule has 2 aliphatic rings. The van der Waals surface area contributed by atoms with Crippen LogP contribution in [-0.4, -0.2) is 77.5 Å². The Hall–Kier alpha value is -2.41.